The van der Waals surface area contributed by atoms with E-state index in [9.17, 15) is 10.2 Å². The van der Waals surface area contributed by atoms with E-state index in [2.05, 4.69) is 9.97 Å². The molecule has 0 radical (unpaired) electrons. The van der Waals surface area contributed by atoms with Crippen LogP contribution in [-0.2, 0) is 6.61 Å². The van der Waals surface area contributed by atoms with Gasteiger partial charge in [-0.1, -0.05) is 12.1 Å². The summed E-state index contributed by atoms with van der Waals surface area (Å²) < 4.78 is 0. The summed E-state index contributed by atoms with van der Waals surface area (Å²) in [4.78, 5) is 8.65. The molecule has 0 spiro atoms. The van der Waals surface area contributed by atoms with E-state index in [1.807, 2.05) is 36.4 Å². The molecule has 128 valence electrons. The molecule has 26 heavy (non-hydrogen) atoms. The van der Waals surface area contributed by atoms with E-state index in [4.69, 9.17) is 5.26 Å². The van der Waals surface area contributed by atoms with Crippen LogP contribution in [0, 0.1) is 11.3 Å². The summed E-state index contributed by atoms with van der Waals surface area (Å²) >= 11 is 0. The second kappa shape index (κ2) is 6.58. The lowest BCUT2D eigenvalue weighted by Gasteiger charge is -2.13. The molecule has 1 aliphatic rings. The van der Waals surface area contributed by atoms with Gasteiger partial charge in [-0.15, -0.1) is 0 Å². The lowest BCUT2D eigenvalue weighted by atomic mass is 9.96. The van der Waals surface area contributed by atoms with Gasteiger partial charge in [0.25, 0.3) is 0 Å². The quantitative estimate of drug-likeness (QED) is 0.753. The number of nitrogens with zero attached hydrogens (tertiary/aromatic N) is 3. The van der Waals surface area contributed by atoms with Gasteiger partial charge in [0, 0.05) is 23.4 Å². The van der Waals surface area contributed by atoms with E-state index >= 15 is 0 Å². The molecule has 2 N–H and O–H groups in total. The van der Waals surface area contributed by atoms with E-state index in [0.29, 0.717) is 28.4 Å². The Morgan fingerprint density at radius 3 is 2.62 bits per heavy atom. The fraction of sp³-hybridized carbons (Fsp3) is 0.190. The number of aromatic hydroxyl groups is 1. The maximum atomic E-state index is 10.4. The molecule has 0 unspecified atom stereocenters. The lowest BCUT2D eigenvalue weighted by Crippen LogP contribution is -1.96. The third kappa shape index (κ3) is 3.03. The highest BCUT2D eigenvalue weighted by atomic mass is 16.3. The van der Waals surface area contributed by atoms with Crippen LogP contribution >= 0.6 is 0 Å². The topological polar surface area (TPSA) is 90.0 Å². The van der Waals surface area contributed by atoms with Crippen LogP contribution < -0.4 is 0 Å². The normalized spacial score (nSPS) is 13.4. The average Bonchev–Trinajstić information content (AvgIpc) is 3.53. The highest BCUT2D eigenvalue weighted by molar-refractivity contribution is 5.76. The number of benzene rings is 1. The van der Waals surface area contributed by atoms with Crippen LogP contribution in [0.4, 0.5) is 0 Å². The third-order valence-corrected chi connectivity index (χ3v) is 4.63. The molecule has 0 amide bonds. The Bertz CT molecular complexity index is 1020. The van der Waals surface area contributed by atoms with Gasteiger partial charge in [-0.2, -0.15) is 5.26 Å². The van der Waals surface area contributed by atoms with Gasteiger partial charge in [0.2, 0.25) is 0 Å². The summed E-state index contributed by atoms with van der Waals surface area (Å²) in [6.07, 6.45) is 3.84. The number of aliphatic hydroxyl groups is 1. The molecule has 1 saturated carbocycles. The van der Waals surface area contributed by atoms with Crippen molar-refractivity contribution in [2.45, 2.75) is 25.4 Å². The van der Waals surface area contributed by atoms with Crippen molar-refractivity contribution in [1.29, 1.82) is 5.26 Å². The molecule has 4 rings (SSSR count). The fourth-order valence-electron chi connectivity index (χ4n) is 3.06. The van der Waals surface area contributed by atoms with Crippen molar-refractivity contribution in [2.75, 3.05) is 0 Å². The molecular weight excluding hydrogens is 326 g/mol. The molecule has 5 nitrogen and oxygen atoms in total. The lowest BCUT2D eigenvalue weighted by molar-refractivity contribution is 0.282. The Balaban J connectivity index is 1.85. The van der Waals surface area contributed by atoms with Crippen molar-refractivity contribution in [1.82, 2.24) is 9.97 Å². The van der Waals surface area contributed by atoms with Gasteiger partial charge in [-0.25, -0.2) is 9.97 Å². The smallest absolute Gasteiger partial charge is 0.141 e. The average molecular weight is 343 g/mol. The Kier molecular flexibility index (Phi) is 4.11. The van der Waals surface area contributed by atoms with E-state index in [1.54, 1.807) is 18.3 Å². The van der Waals surface area contributed by atoms with Gasteiger partial charge >= 0.3 is 0 Å². The number of rotatable bonds is 4. The van der Waals surface area contributed by atoms with Crippen molar-refractivity contribution in [3.05, 3.63) is 65.6 Å². The van der Waals surface area contributed by atoms with Crippen molar-refractivity contribution < 1.29 is 10.2 Å². The molecule has 0 bridgehead atoms. The van der Waals surface area contributed by atoms with Crippen LogP contribution in [0.2, 0.25) is 0 Å². The minimum absolute atomic E-state index is 0.0914. The monoisotopic (exact) mass is 343 g/mol. The standard InChI is InChI=1S/C21H17N3O2/c22-11-17-9-15(7-8-23-17)14-3-4-16(12-25)18(10-14)21-20(26)6-5-19(24-21)13-1-2-13/h3-10,13,25-26H,1-2,12H2. The zero-order valence-corrected chi connectivity index (χ0v) is 14.1. The first-order valence-corrected chi connectivity index (χ1v) is 8.50. The highest BCUT2D eigenvalue weighted by Gasteiger charge is 2.26. The third-order valence-electron chi connectivity index (χ3n) is 4.63. The number of hydrogen-bond acceptors (Lipinski definition) is 5. The van der Waals surface area contributed by atoms with Crippen molar-refractivity contribution in [2.24, 2.45) is 0 Å². The first-order valence-electron chi connectivity index (χ1n) is 8.50. The Labute approximate surface area is 151 Å². The van der Waals surface area contributed by atoms with E-state index < -0.39 is 0 Å². The van der Waals surface area contributed by atoms with E-state index in [1.165, 1.54) is 0 Å². The highest BCUT2D eigenvalue weighted by Crippen LogP contribution is 2.41. The molecule has 1 aromatic carbocycles. The molecule has 3 aromatic rings. The van der Waals surface area contributed by atoms with Crippen LogP contribution in [0.1, 0.15) is 35.7 Å². The largest absolute Gasteiger partial charge is 0.506 e. The number of hydrogen-bond donors (Lipinski definition) is 2. The summed E-state index contributed by atoms with van der Waals surface area (Å²) in [5.74, 6) is 0.558. The molecule has 5 heteroatoms. The maximum Gasteiger partial charge on any atom is 0.141 e. The van der Waals surface area contributed by atoms with Crippen LogP contribution in [0.5, 0.6) is 5.75 Å². The molecule has 0 aliphatic heterocycles. The van der Waals surface area contributed by atoms with Gasteiger partial charge in [-0.05, 0) is 59.9 Å². The van der Waals surface area contributed by atoms with Crippen LogP contribution in [0.15, 0.2) is 48.7 Å². The summed E-state index contributed by atoms with van der Waals surface area (Å²) in [7, 11) is 0. The predicted octanol–water partition coefficient (Wildman–Crippen LogP) is 3.76. The maximum absolute atomic E-state index is 10.4. The van der Waals surface area contributed by atoms with E-state index in [0.717, 1.165) is 29.7 Å². The van der Waals surface area contributed by atoms with Crippen LogP contribution in [0.3, 0.4) is 0 Å². The van der Waals surface area contributed by atoms with Crippen molar-refractivity contribution in [3.8, 4) is 34.2 Å². The first-order chi connectivity index (χ1) is 12.7. The summed E-state index contributed by atoms with van der Waals surface area (Å²) in [5, 5.41) is 29.2. The number of nitriles is 1. The molecule has 1 aliphatic carbocycles. The molecule has 0 atom stereocenters. The number of aliphatic hydroxyl groups excluding tert-OH is 1. The van der Waals surface area contributed by atoms with Crippen LogP contribution in [-0.4, -0.2) is 20.2 Å². The molecule has 0 saturated heterocycles. The van der Waals surface area contributed by atoms with Crippen molar-refractivity contribution in [3.63, 3.8) is 0 Å². The van der Waals surface area contributed by atoms with Crippen molar-refractivity contribution >= 4 is 0 Å². The zero-order valence-electron chi connectivity index (χ0n) is 14.1. The summed E-state index contributed by atoms with van der Waals surface area (Å²) in [5.41, 5.74) is 4.90. The van der Waals surface area contributed by atoms with Gasteiger partial charge in [0.1, 0.15) is 23.2 Å². The SMILES string of the molecule is N#Cc1cc(-c2ccc(CO)c(-c3nc(C4CC4)ccc3O)c2)ccn1. The van der Waals surface area contributed by atoms with Crippen LogP contribution in [0.25, 0.3) is 22.4 Å². The summed E-state index contributed by atoms with van der Waals surface area (Å²) in [6, 6.07) is 14.7. The number of pyridine rings is 2. The Morgan fingerprint density at radius 2 is 1.88 bits per heavy atom. The fourth-order valence-corrected chi connectivity index (χ4v) is 3.06. The zero-order chi connectivity index (χ0) is 18.1. The second-order valence-corrected chi connectivity index (χ2v) is 6.45. The number of aromatic nitrogens is 2. The minimum Gasteiger partial charge on any atom is -0.506 e. The van der Waals surface area contributed by atoms with E-state index in [-0.39, 0.29) is 12.4 Å². The summed E-state index contributed by atoms with van der Waals surface area (Å²) in [6.45, 7) is -0.149. The minimum atomic E-state index is -0.149. The second-order valence-electron chi connectivity index (χ2n) is 6.45. The Morgan fingerprint density at radius 1 is 1.08 bits per heavy atom. The van der Waals surface area contributed by atoms with Gasteiger partial charge < -0.3 is 10.2 Å². The molecule has 2 aromatic heterocycles. The van der Waals surface area contributed by atoms with Gasteiger partial charge in [0.05, 0.1) is 6.61 Å². The van der Waals surface area contributed by atoms with Gasteiger partial charge in [-0.3, -0.25) is 0 Å². The molecular formula is C21H17N3O2. The van der Waals surface area contributed by atoms with Gasteiger partial charge in [0.15, 0.2) is 0 Å². The first kappa shape index (κ1) is 16.2. The molecule has 1 fully saturated rings. The predicted molar refractivity (Wildman–Crippen MR) is 97.2 cm³/mol. The Hall–Kier alpha value is -3.23. The molecule has 2 heterocycles.